The fraction of sp³-hybridized carbons (Fsp3) is 0.948. The molecule has 0 amide bonds. The van der Waals surface area contributed by atoms with Gasteiger partial charge >= 0.3 is 39.5 Å². The molecule has 0 rings (SSSR count). The molecule has 0 aliphatic carbocycles. The Morgan fingerprint density at radius 3 is 0.792 bits per heavy atom. The summed E-state index contributed by atoms with van der Waals surface area (Å²) in [7, 11) is -9.92. The van der Waals surface area contributed by atoms with E-state index >= 15 is 0 Å². The predicted molar refractivity (Wildman–Crippen MR) is 391 cm³/mol. The molecule has 570 valence electrons. The average molecular weight is 1410 g/mol. The number of ether oxygens (including phenoxy) is 4. The fourth-order valence-corrected chi connectivity index (χ4v) is 13.3. The molecule has 17 nitrogen and oxygen atoms in total. The van der Waals surface area contributed by atoms with Crippen molar-refractivity contribution in [3.05, 3.63) is 0 Å². The third kappa shape index (κ3) is 67.9. The van der Waals surface area contributed by atoms with Crippen LogP contribution in [-0.2, 0) is 65.4 Å². The van der Waals surface area contributed by atoms with Gasteiger partial charge in [-0.1, -0.05) is 344 Å². The summed E-state index contributed by atoms with van der Waals surface area (Å²) >= 11 is 0. The van der Waals surface area contributed by atoms with E-state index in [1.807, 2.05) is 0 Å². The Hall–Kier alpha value is -1.94. The lowest BCUT2D eigenvalue weighted by atomic mass is 9.99. The van der Waals surface area contributed by atoms with Gasteiger partial charge in [-0.25, -0.2) is 9.13 Å². The van der Waals surface area contributed by atoms with E-state index in [0.29, 0.717) is 25.7 Å². The predicted octanol–water partition coefficient (Wildman–Crippen LogP) is 22.6. The van der Waals surface area contributed by atoms with E-state index in [-0.39, 0.29) is 25.7 Å². The van der Waals surface area contributed by atoms with Crippen molar-refractivity contribution in [3.8, 4) is 0 Å². The van der Waals surface area contributed by atoms with Crippen molar-refractivity contribution in [1.82, 2.24) is 0 Å². The highest BCUT2D eigenvalue weighted by atomic mass is 31.2. The van der Waals surface area contributed by atoms with Crippen molar-refractivity contribution >= 4 is 39.5 Å². The molecule has 3 N–H and O–H groups in total. The molecule has 0 aliphatic rings. The first-order chi connectivity index (χ1) is 46.3. The number of phosphoric ester groups is 2. The maximum atomic E-state index is 13.1. The number of carbonyl (C=O) groups excluding carboxylic acids is 4. The minimum atomic E-state index is -4.96. The van der Waals surface area contributed by atoms with Crippen LogP contribution in [0.3, 0.4) is 0 Å². The Morgan fingerprint density at radius 1 is 0.302 bits per heavy atom. The largest absolute Gasteiger partial charge is 0.472 e. The molecule has 0 radical (unpaired) electrons. The highest BCUT2D eigenvalue weighted by Crippen LogP contribution is 2.45. The monoisotopic (exact) mass is 1410 g/mol. The number of rotatable bonds is 75. The Kier molecular flexibility index (Phi) is 66.2. The minimum absolute atomic E-state index is 0.105. The second-order valence-electron chi connectivity index (χ2n) is 28.7. The highest BCUT2D eigenvalue weighted by Gasteiger charge is 2.30. The third-order valence-corrected chi connectivity index (χ3v) is 20.5. The number of aliphatic hydroxyl groups is 1. The van der Waals surface area contributed by atoms with Gasteiger partial charge in [0, 0.05) is 25.7 Å². The van der Waals surface area contributed by atoms with Gasteiger partial charge < -0.3 is 33.8 Å². The first-order valence-electron chi connectivity index (χ1n) is 39.9. The van der Waals surface area contributed by atoms with Crippen molar-refractivity contribution in [2.75, 3.05) is 39.6 Å². The summed E-state index contributed by atoms with van der Waals surface area (Å²) in [5.41, 5.74) is 0. The molecule has 0 fully saturated rings. The Bertz CT molecular complexity index is 1870. The van der Waals surface area contributed by atoms with Gasteiger partial charge in [0.25, 0.3) is 0 Å². The molecule has 4 unspecified atom stereocenters. The van der Waals surface area contributed by atoms with Gasteiger partial charge in [0.1, 0.15) is 19.3 Å². The van der Waals surface area contributed by atoms with Crippen molar-refractivity contribution in [2.24, 2.45) is 17.8 Å². The molecule has 0 aromatic carbocycles. The zero-order valence-corrected chi connectivity index (χ0v) is 64.6. The van der Waals surface area contributed by atoms with Gasteiger partial charge in [-0.05, 0) is 43.4 Å². The average Bonchev–Trinajstić information content (AvgIpc) is 2.26. The van der Waals surface area contributed by atoms with Gasteiger partial charge in [0.05, 0.1) is 26.4 Å². The van der Waals surface area contributed by atoms with Gasteiger partial charge in [-0.3, -0.25) is 37.3 Å². The van der Waals surface area contributed by atoms with Crippen LogP contribution in [0.25, 0.3) is 0 Å². The molecule has 0 spiro atoms. The molecule has 96 heavy (non-hydrogen) atoms. The number of phosphoric acid groups is 2. The molecule has 7 atom stereocenters. The van der Waals surface area contributed by atoms with Crippen LogP contribution in [0.1, 0.15) is 395 Å². The second-order valence-corrected chi connectivity index (χ2v) is 31.6. The van der Waals surface area contributed by atoms with E-state index in [0.717, 1.165) is 114 Å². The first kappa shape index (κ1) is 94.1. The summed E-state index contributed by atoms with van der Waals surface area (Å²) in [4.78, 5) is 72.9. The number of esters is 4. The Balaban J connectivity index is 5.26. The summed E-state index contributed by atoms with van der Waals surface area (Å²) in [5, 5.41) is 10.6. The molecule has 0 saturated carbocycles. The standard InChI is InChI=1S/C77H150O17P2/c1-8-11-12-13-14-15-16-17-18-19-20-21-26-32-37-46-53-60-76(81)93-72(64-87-74(79)58-51-44-36-31-25-23-22-24-29-34-41-48-55-68(4)5)66-91-95(83,84)89-62-71(78)63-90-96(85,86)92-67-73(65-88-75(80)59-52-45-40-39-43-50-57-70(7)10-3)94-77(82)61-54-47-38-33-28-27-30-35-42-49-56-69(6)9-2/h68-73,78H,8-67H2,1-7H3,(H,83,84)(H,85,86)/t69?,70?,71-,72-,73-/m1/s1. The number of unbranched alkanes of at least 4 members (excludes halogenated alkanes) is 41. The Morgan fingerprint density at radius 2 is 0.531 bits per heavy atom. The maximum Gasteiger partial charge on any atom is 0.472 e. The van der Waals surface area contributed by atoms with E-state index in [2.05, 4.69) is 48.5 Å². The van der Waals surface area contributed by atoms with E-state index < -0.39 is 97.5 Å². The molecule has 0 heterocycles. The van der Waals surface area contributed by atoms with Gasteiger partial charge in [0.2, 0.25) is 0 Å². The Labute approximate surface area is 588 Å². The van der Waals surface area contributed by atoms with Crippen LogP contribution >= 0.6 is 15.6 Å². The smallest absolute Gasteiger partial charge is 0.462 e. The number of carbonyl (C=O) groups is 4. The summed E-state index contributed by atoms with van der Waals surface area (Å²) in [6.07, 6.45) is 54.0. The number of hydrogen-bond acceptors (Lipinski definition) is 15. The topological polar surface area (TPSA) is 237 Å². The van der Waals surface area contributed by atoms with E-state index in [9.17, 15) is 43.2 Å². The summed E-state index contributed by atoms with van der Waals surface area (Å²) in [6.45, 7) is 11.9. The van der Waals surface area contributed by atoms with Crippen LogP contribution in [0.2, 0.25) is 0 Å². The zero-order chi connectivity index (χ0) is 70.9. The molecule has 0 aromatic heterocycles. The van der Waals surface area contributed by atoms with Gasteiger partial charge in [-0.15, -0.1) is 0 Å². The molecule has 0 aliphatic heterocycles. The fourth-order valence-electron chi connectivity index (χ4n) is 11.7. The molecule has 0 bridgehead atoms. The lowest BCUT2D eigenvalue weighted by molar-refractivity contribution is -0.161. The first-order valence-corrected chi connectivity index (χ1v) is 42.9. The van der Waals surface area contributed by atoms with Crippen molar-refractivity contribution in [1.29, 1.82) is 0 Å². The van der Waals surface area contributed by atoms with Crippen LogP contribution in [0.4, 0.5) is 0 Å². The lowest BCUT2D eigenvalue weighted by Crippen LogP contribution is -2.30. The van der Waals surface area contributed by atoms with Crippen molar-refractivity contribution in [3.63, 3.8) is 0 Å². The molecular formula is C77H150O17P2. The number of aliphatic hydroxyl groups excluding tert-OH is 1. The van der Waals surface area contributed by atoms with Crippen LogP contribution in [0.5, 0.6) is 0 Å². The van der Waals surface area contributed by atoms with Crippen LogP contribution in [-0.4, -0.2) is 96.7 Å². The van der Waals surface area contributed by atoms with Gasteiger partial charge in [0.15, 0.2) is 12.2 Å². The van der Waals surface area contributed by atoms with Crippen molar-refractivity contribution in [2.45, 2.75) is 414 Å². The summed E-state index contributed by atoms with van der Waals surface area (Å²) in [5.74, 6) is 0.199. The quantitative estimate of drug-likeness (QED) is 0.0222. The summed E-state index contributed by atoms with van der Waals surface area (Å²) in [6, 6.07) is 0. The van der Waals surface area contributed by atoms with Crippen molar-refractivity contribution < 1.29 is 80.2 Å². The lowest BCUT2D eigenvalue weighted by Gasteiger charge is -2.21. The second kappa shape index (κ2) is 67.5. The van der Waals surface area contributed by atoms with Gasteiger partial charge in [-0.2, -0.15) is 0 Å². The zero-order valence-electron chi connectivity index (χ0n) is 62.8. The third-order valence-electron chi connectivity index (χ3n) is 18.6. The SMILES string of the molecule is CCCCCCCCCCCCCCCCCCCC(=O)O[C@H](COC(=O)CCCCCCCCCCCCCCC(C)C)COP(=O)(O)OC[C@@H](O)COP(=O)(O)OC[C@@H](COC(=O)CCCCCCCCC(C)CC)OC(=O)CCCCCCCCCCCCC(C)CC. The minimum Gasteiger partial charge on any atom is -0.462 e. The molecule has 19 heteroatoms. The molecule has 0 aromatic rings. The van der Waals surface area contributed by atoms with E-state index in [1.54, 1.807) is 0 Å². The molecular weight excluding hydrogens is 1260 g/mol. The van der Waals surface area contributed by atoms with Crippen LogP contribution in [0.15, 0.2) is 0 Å². The normalized spacial score (nSPS) is 14.6. The number of hydrogen-bond donors (Lipinski definition) is 3. The van der Waals surface area contributed by atoms with E-state index in [4.69, 9.17) is 37.0 Å². The van der Waals surface area contributed by atoms with Crippen LogP contribution < -0.4 is 0 Å². The summed E-state index contributed by atoms with van der Waals surface area (Å²) < 4.78 is 68.6. The highest BCUT2D eigenvalue weighted by molar-refractivity contribution is 7.47. The molecule has 0 saturated heterocycles. The van der Waals surface area contributed by atoms with Crippen LogP contribution in [0, 0.1) is 17.8 Å². The maximum absolute atomic E-state index is 13.1. The van der Waals surface area contributed by atoms with E-state index in [1.165, 1.54) is 199 Å².